The molecule has 2 N–H and O–H groups in total. The number of nitrogens with zero attached hydrogens (tertiary/aromatic N) is 3. The highest BCUT2D eigenvalue weighted by molar-refractivity contribution is 6.00. The minimum atomic E-state index is 0.845. The van der Waals surface area contributed by atoms with Crippen molar-refractivity contribution >= 4 is 11.4 Å². The molecule has 1 rings (SSSR count). The molecule has 0 spiro atoms. The molecule has 0 bridgehead atoms. The molecule has 0 aliphatic rings. The quantitative estimate of drug-likeness (QED) is 0.586. The average molecular weight is 219 g/mol. The van der Waals surface area contributed by atoms with E-state index in [9.17, 15) is 0 Å². The van der Waals surface area contributed by atoms with Gasteiger partial charge in [-0.2, -0.15) is 10.2 Å². The number of rotatable bonds is 4. The first kappa shape index (κ1) is 12.2. The van der Waals surface area contributed by atoms with Crippen LogP contribution in [0.25, 0.3) is 0 Å². The van der Waals surface area contributed by atoms with Gasteiger partial charge < -0.3 is 10.9 Å². The fraction of sp³-hybridized carbons (Fsp3) is 0.364. The smallest absolute Gasteiger partial charge is 0.0867 e. The molecule has 0 saturated carbocycles. The Labute approximate surface area is 95.7 Å². The van der Waals surface area contributed by atoms with Gasteiger partial charge in [0.1, 0.15) is 0 Å². The van der Waals surface area contributed by atoms with Crippen molar-refractivity contribution in [2.24, 2.45) is 10.2 Å². The zero-order valence-corrected chi connectivity index (χ0v) is 10.1. The second-order valence-corrected chi connectivity index (χ2v) is 3.25. The predicted molar refractivity (Wildman–Crippen MR) is 66.8 cm³/mol. The molecule has 0 unspecified atom stereocenters. The molecule has 0 fully saturated rings. The number of aromatic nitrogens is 1. The second kappa shape index (κ2) is 5.85. The van der Waals surface area contributed by atoms with E-state index in [1.165, 1.54) is 0 Å². The summed E-state index contributed by atoms with van der Waals surface area (Å²) < 4.78 is 0. The molecule has 16 heavy (non-hydrogen) atoms. The van der Waals surface area contributed by atoms with Crippen LogP contribution in [0.3, 0.4) is 0 Å². The van der Waals surface area contributed by atoms with E-state index < -0.39 is 0 Å². The van der Waals surface area contributed by atoms with Crippen LogP contribution in [0.15, 0.2) is 28.4 Å². The maximum Gasteiger partial charge on any atom is 0.0867 e. The van der Waals surface area contributed by atoms with Gasteiger partial charge in [-0.3, -0.25) is 0 Å². The highest BCUT2D eigenvalue weighted by Gasteiger charge is 2.03. The summed E-state index contributed by atoms with van der Waals surface area (Å²) in [5, 5.41) is 8.18. The lowest BCUT2D eigenvalue weighted by Gasteiger charge is -2.03. The maximum atomic E-state index is 4.47. The molecule has 1 heterocycles. The molecule has 86 valence electrons. The van der Waals surface area contributed by atoms with E-state index in [0.717, 1.165) is 22.8 Å². The molecule has 1 aromatic rings. The second-order valence-electron chi connectivity index (χ2n) is 3.25. The van der Waals surface area contributed by atoms with Gasteiger partial charge in [0.2, 0.25) is 0 Å². The van der Waals surface area contributed by atoms with Gasteiger partial charge in [-0.1, -0.05) is 6.07 Å². The van der Waals surface area contributed by atoms with Gasteiger partial charge in [0.25, 0.3) is 0 Å². The number of hydrogen-bond donors (Lipinski definition) is 2. The average Bonchev–Trinajstić information content (AvgIpc) is 2.30. The van der Waals surface area contributed by atoms with Crippen molar-refractivity contribution in [2.45, 2.75) is 13.8 Å². The van der Waals surface area contributed by atoms with Crippen LogP contribution in [0.2, 0.25) is 0 Å². The zero-order valence-electron chi connectivity index (χ0n) is 10.1. The van der Waals surface area contributed by atoms with Crippen molar-refractivity contribution < 1.29 is 0 Å². The minimum Gasteiger partial charge on any atom is -0.313 e. The van der Waals surface area contributed by atoms with Gasteiger partial charge in [-0.15, -0.1) is 0 Å². The van der Waals surface area contributed by atoms with Crippen molar-refractivity contribution in [3.63, 3.8) is 0 Å². The SMILES string of the molecule is CNN=C(C)c1cccc(C(C)=NNC)n1. The third-order valence-corrected chi connectivity index (χ3v) is 2.05. The van der Waals surface area contributed by atoms with Crippen LogP contribution in [0, 0.1) is 0 Å². The first-order chi connectivity index (χ1) is 7.69. The van der Waals surface area contributed by atoms with Crippen LogP contribution in [0.5, 0.6) is 0 Å². The first-order valence-electron chi connectivity index (χ1n) is 5.09. The summed E-state index contributed by atoms with van der Waals surface area (Å²) in [6, 6.07) is 5.79. The summed E-state index contributed by atoms with van der Waals surface area (Å²) in [7, 11) is 3.53. The topological polar surface area (TPSA) is 61.7 Å². The van der Waals surface area contributed by atoms with E-state index in [1.807, 2.05) is 32.0 Å². The lowest BCUT2D eigenvalue weighted by atomic mass is 10.2. The Kier molecular flexibility index (Phi) is 4.44. The van der Waals surface area contributed by atoms with Crippen LogP contribution in [0.4, 0.5) is 0 Å². The number of pyridine rings is 1. The predicted octanol–water partition coefficient (Wildman–Crippen LogP) is 0.968. The Morgan fingerprint density at radius 2 is 1.44 bits per heavy atom. The van der Waals surface area contributed by atoms with Crippen LogP contribution >= 0.6 is 0 Å². The van der Waals surface area contributed by atoms with Gasteiger partial charge in [0.15, 0.2) is 0 Å². The van der Waals surface area contributed by atoms with Crippen molar-refractivity contribution in [3.05, 3.63) is 29.6 Å². The molecule has 5 nitrogen and oxygen atoms in total. The summed E-state index contributed by atoms with van der Waals surface area (Å²) >= 11 is 0. The van der Waals surface area contributed by atoms with E-state index in [4.69, 9.17) is 0 Å². The summed E-state index contributed by atoms with van der Waals surface area (Å²) in [6.07, 6.45) is 0. The Bertz CT molecular complexity index is 373. The minimum absolute atomic E-state index is 0.845. The molecular weight excluding hydrogens is 202 g/mol. The van der Waals surface area contributed by atoms with E-state index in [2.05, 4.69) is 26.0 Å². The van der Waals surface area contributed by atoms with Crippen LogP contribution in [0.1, 0.15) is 25.2 Å². The monoisotopic (exact) mass is 219 g/mol. The zero-order chi connectivity index (χ0) is 12.0. The summed E-state index contributed by atoms with van der Waals surface area (Å²) in [5.41, 5.74) is 8.88. The summed E-state index contributed by atoms with van der Waals surface area (Å²) in [4.78, 5) is 4.47. The van der Waals surface area contributed by atoms with Gasteiger partial charge in [0, 0.05) is 14.1 Å². The summed E-state index contributed by atoms with van der Waals surface area (Å²) in [5.74, 6) is 0. The molecule has 0 aliphatic carbocycles. The Balaban J connectivity index is 3.04. The van der Waals surface area contributed by atoms with Crippen molar-refractivity contribution in [2.75, 3.05) is 14.1 Å². The van der Waals surface area contributed by atoms with Gasteiger partial charge in [-0.05, 0) is 26.0 Å². The molecule has 0 saturated heterocycles. The largest absolute Gasteiger partial charge is 0.313 e. The first-order valence-corrected chi connectivity index (χ1v) is 5.09. The standard InChI is InChI=1S/C11H17N5/c1-8(15-12-3)10-6-5-7-11(14-10)9(2)16-13-4/h5-7,12-13H,1-4H3. The van der Waals surface area contributed by atoms with Gasteiger partial charge >= 0.3 is 0 Å². The third kappa shape index (κ3) is 3.05. The molecule has 1 aromatic heterocycles. The van der Waals surface area contributed by atoms with Crippen LogP contribution < -0.4 is 10.9 Å². The van der Waals surface area contributed by atoms with E-state index in [0.29, 0.717) is 0 Å². The van der Waals surface area contributed by atoms with Gasteiger partial charge in [0.05, 0.1) is 22.8 Å². The fourth-order valence-corrected chi connectivity index (χ4v) is 1.29. The maximum absolute atomic E-state index is 4.47. The number of nitrogens with one attached hydrogen (secondary N) is 2. The van der Waals surface area contributed by atoms with E-state index >= 15 is 0 Å². The van der Waals surface area contributed by atoms with Crippen molar-refractivity contribution in [1.29, 1.82) is 0 Å². The normalized spacial score (nSPS) is 12.5. The van der Waals surface area contributed by atoms with E-state index in [-0.39, 0.29) is 0 Å². The Hall–Kier alpha value is -1.91. The molecule has 0 aromatic carbocycles. The lowest BCUT2D eigenvalue weighted by molar-refractivity contribution is 0.894. The molecule has 0 radical (unpaired) electrons. The highest BCUT2D eigenvalue weighted by Crippen LogP contribution is 2.02. The third-order valence-electron chi connectivity index (χ3n) is 2.05. The molecular formula is C11H17N5. The van der Waals surface area contributed by atoms with Crippen LogP contribution in [-0.2, 0) is 0 Å². The summed E-state index contributed by atoms with van der Waals surface area (Å²) in [6.45, 7) is 3.82. The van der Waals surface area contributed by atoms with Crippen molar-refractivity contribution in [3.8, 4) is 0 Å². The molecule has 5 heteroatoms. The van der Waals surface area contributed by atoms with E-state index in [1.54, 1.807) is 14.1 Å². The Morgan fingerprint density at radius 3 is 1.81 bits per heavy atom. The van der Waals surface area contributed by atoms with Crippen LogP contribution in [-0.4, -0.2) is 30.5 Å². The number of hydrazone groups is 2. The van der Waals surface area contributed by atoms with Gasteiger partial charge in [-0.25, -0.2) is 4.98 Å². The lowest BCUT2D eigenvalue weighted by Crippen LogP contribution is -2.10. The molecule has 0 amide bonds. The Morgan fingerprint density at radius 1 is 1.00 bits per heavy atom. The molecule has 0 atom stereocenters. The van der Waals surface area contributed by atoms with Crippen molar-refractivity contribution in [1.82, 2.24) is 15.8 Å². The number of hydrogen-bond acceptors (Lipinski definition) is 5. The molecule has 0 aliphatic heterocycles. The highest BCUT2D eigenvalue weighted by atomic mass is 15.3. The fourth-order valence-electron chi connectivity index (χ4n) is 1.29.